The molecule has 1 atom stereocenters. The Hall–Kier alpha value is -3.23. The minimum atomic E-state index is -0.385. The van der Waals surface area contributed by atoms with Crippen molar-refractivity contribution in [2.75, 3.05) is 16.0 Å². The smallest absolute Gasteiger partial charge is 0.255 e. The lowest BCUT2D eigenvalue weighted by Gasteiger charge is -2.22. The molecule has 0 aliphatic carbocycles. The van der Waals surface area contributed by atoms with Crippen LogP contribution in [0.4, 0.5) is 15.8 Å². The van der Waals surface area contributed by atoms with Crippen LogP contribution in [0.1, 0.15) is 22.8 Å². The van der Waals surface area contributed by atoms with E-state index in [1.165, 1.54) is 52.9 Å². The van der Waals surface area contributed by atoms with Crippen LogP contribution < -0.4 is 10.2 Å². The third-order valence-electron chi connectivity index (χ3n) is 5.53. The fourth-order valence-corrected chi connectivity index (χ4v) is 5.95. The van der Waals surface area contributed by atoms with E-state index in [0.717, 1.165) is 26.7 Å². The summed E-state index contributed by atoms with van der Waals surface area (Å²) in [5.74, 6) is -0.306. The van der Waals surface area contributed by atoms with Gasteiger partial charge in [0.2, 0.25) is 5.91 Å². The standard InChI is InChI=1S/C25H20FN3O2S2/c1-15-12-17-4-2-3-5-21(17)29(15)23(30)14-32-25-28-20-11-10-19(13-22(20)33-25)27-24(31)16-6-8-18(26)9-7-16/h2-11,13,15H,12,14H2,1H3,(H,27,31)/t15-/m1/s1. The summed E-state index contributed by atoms with van der Waals surface area (Å²) in [6, 6.07) is 19.1. The SMILES string of the molecule is C[C@@H]1Cc2ccccc2N1C(=O)CSc1nc2ccc(NC(=O)c3ccc(F)cc3)cc2s1. The Balaban J connectivity index is 1.26. The van der Waals surface area contributed by atoms with Gasteiger partial charge < -0.3 is 10.2 Å². The monoisotopic (exact) mass is 477 g/mol. The van der Waals surface area contributed by atoms with Crippen molar-refractivity contribution in [3.05, 3.63) is 83.7 Å². The first-order chi connectivity index (χ1) is 16.0. The number of nitrogens with zero attached hydrogens (tertiary/aromatic N) is 2. The van der Waals surface area contributed by atoms with Crippen LogP contribution in [-0.4, -0.2) is 28.6 Å². The number of aromatic nitrogens is 1. The van der Waals surface area contributed by atoms with Crippen LogP contribution in [0.3, 0.4) is 0 Å². The van der Waals surface area contributed by atoms with E-state index in [1.807, 2.05) is 35.2 Å². The average molecular weight is 478 g/mol. The number of rotatable bonds is 5. The molecule has 2 heterocycles. The van der Waals surface area contributed by atoms with Gasteiger partial charge in [0.05, 0.1) is 16.0 Å². The summed E-state index contributed by atoms with van der Waals surface area (Å²) in [5, 5.41) is 2.83. The number of hydrogen-bond acceptors (Lipinski definition) is 5. The Bertz CT molecular complexity index is 1350. The van der Waals surface area contributed by atoms with Crippen LogP contribution in [0, 0.1) is 5.82 Å². The van der Waals surface area contributed by atoms with E-state index in [4.69, 9.17) is 0 Å². The lowest BCUT2D eigenvalue weighted by atomic mass is 10.1. The molecule has 0 saturated carbocycles. The van der Waals surface area contributed by atoms with Gasteiger partial charge in [-0.3, -0.25) is 9.59 Å². The molecule has 0 fully saturated rings. The molecule has 1 aliphatic heterocycles. The number of thioether (sulfide) groups is 1. The van der Waals surface area contributed by atoms with Gasteiger partial charge in [-0.2, -0.15) is 0 Å². The maximum absolute atomic E-state index is 13.1. The first-order valence-electron chi connectivity index (χ1n) is 10.5. The second-order valence-electron chi connectivity index (χ2n) is 7.86. The molecule has 3 aromatic carbocycles. The van der Waals surface area contributed by atoms with Crippen molar-refractivity contribution in [3.63, 3.8) is 0 Å². The Kier molecular flexibility index (Phi) is 5.86. The fraction of sp³-hybridized carbons (Fsp3) is 0.160. The summed E-state index contributed by atoms with van der Waals surface area (Å²) in [6.45, 7) is 2.07. The second kappa shape index (κ2) is 8.96. The second-order valence-corrected chi connectivity index (χ2v) is 10.1. The highest BCUT2D eigenvalue weighted by Gasteiger charge is 2.30. The van der Waals surface area contributed by atoms with Gasteiger partial charge in [-0.1, -0.05) is 30.0 Å². The van der Waals surface area contributed by atoms with Gasteiger partial charge in [0.1, 0.15) is 5.82 Å². The zero-order valence-corrected chi connectivity index (χ0v) is 19.4. The maximum atomic E-state index is 13.1. The van der Waals surface area contributed by atoms with Crippen LogP contribution in [0.5, 0.6) is 0 Å². The van der Waals surface area contributed by atoms with Gasteiger partial charge in [0.15, 0.2) is 4.34 Å². The predicted molar refractivity (Wildman–Crippen MR) is 132 cm³/mol. The predicted octanol–water partition coefficient (Wildman–Crippen LogP) is 5.76. The van der Waals surface area contributed by atoms with E-state index in [1.54, 1.807) is 6.07 Å². The molecular formula is C25H20FN3O2S2. The molecule has 1 aliphatic rings. The Morgan fingerprint density at radius 2 is 1.94 bits per heavy atom. The molecule has 0 spiro atoms. The molecule has 8 heteroatoms. The zero-order chi connectivity index (χ0) is 22.9. The average Bonchev–Trinajstić information content (AvgIpc) is 3.37. The first-order valence-corrected chi connectivity index (χ1v) is 12.3. The molecule has 5 nitrogen and oxygen atoms in total. The quantitative estimate of drug-likeness (QED) is 0.372. The van der Waals surface area contributed by atoms with E-state index < -0.39 is 0 Å². The van der Waals surface area contributed by atoms with E-state index in [2.05, 4.69) is 23.3 Å². The molecule has 5 rings (SSSR count). The fourth-order valence-electron chi connectivity index (χ4n) is 3.99. The molecule has 1 N–H and O–H groups in total. The molecule has 4 aromatic rings. The number of benzene rings is 3. The Morgan fingerprint density at radius 1 is 1.15 bits per heavy atom. The van der Waals surface area contributed by atoms with E-state index >= 15 is 0 Å². The highest BCUT2D eigenvalue weighted by Crippen LogP contribution is 2.35. The molecule has 33 heavy (non-hydrogen) atoms. The van der Waals surface area contributed by atoms with E-state index in [0.29, 0.717) is 17.0 Å². The molecule has 0 radical (unpaired) electrons. The van der Waals surface area contributed by atoms with Crippen LogP contribution in [0.2, 0.25) is 0 Å². The third-order valence-corrected chi connectivity index (χ3v) is 7.67. The first kappa shape index (κ1) is 21.6. The number of para-hydroxylation sites is 1. The van der Waals surface area contributed by atoms with E-state index in [9.17, 15) is 14.0 Å². The van der Waals surface area contributed by atoms with Gasteiger partial charge in [0.25, 0.3) is 5.91 Å². The van der Waals surface area contributed by atoms with Gasteiger partial charge in [-0.05, 0) is 67.4 Å². The zero-order valence-electron chi connectivity index (χ0n) is 17.7. The summed E-state index contributed by atoms with van der Waals surface area (Å²) in [7, 11) is 0. The number of carbonyl (C=O) groups is 2. The number of nitrogens with one attached hydrogen (secondary N) is 1. The number of anilines is 2. The third kappa shape index (κ3) is 4.49. The van der Waals surface area contributed by atoms with Crippen molar-refractivity contribution in [2.45, 2.75) is 23.7 Å². The highest BCUT2D eigenvalue weighted by molar-refractivity contribution is 8.01. The van der Waals surface area contributed by atoms with Gasteiger partial charge >= 0.3 is 0 Å². The summed E-state index contributed by atoms with van der Waals surface area (Å²) >= 11 is 2.92. The van der Waals surface area contributed by atoms with Crippen molar-refractivity contribution < 1.29 is 14.0 Å². The molecule has 166 valence electrons. The number of amides is 2. The summed E-state index contributed by atoms with van der Waals surface area (Å²) < 4.78 is 14.8. The van der Waals surface area contributed by atoms with Crippen LogP contribution in [-0.2, 0) is 11.2 Å². The minimum Gasteiger partial charge on any atom is -0.322 e. The molecule has 0 unspecified atom stereocenters. The summed E-state index contributed by atoms with van der Waals surface area (Å²) in [5.41, 5.74) is 4.04. The lowest BCUT2D eigenvalue weighted by Crippen LogP contribution is -2.36. The lowest BCUT2D eigenvalue weighted by molar-refractivity contribution is -0.116. The molecule has 0 bridgehead atoms. The number of fused-ring (bicyclic) bond motifs is 2. The Labute approximate surface area is 198 Å². The van der Waals surface area contributed by atoms with Crippen LogP contribution in [0.15, 0.2) is 71.1 Å². The van der Waals surface area contributed by atoms with Crippen molar-refractivity contribution in [1.82, 2.24) is 4.98 Å². The number of carbonyl (C=O) groups excluding carboxylic acids is 2. The van der Waals surface area contributed by atoms with Crippen molar-refractivity contribution in [3.8, 4) is 0 Å². The van der Waals surface area contributed by atoms with Gasteiger partial charge in [-0.15, -0.1) is 11.3 Å². The number of hydrogen-bond donors (Lipinski definition) is 1. The summed E-state index contributed by atoms with van der Waals surface area (Å²) in [4.78, 5) is 31.8. The van der Waals surface area contributed by atoms with E-state index in [-0.39, 0.29) is 23.7 Å². The van der Waals surface area contributed by atoms with Gasteiger partial charge in [0, 0.05) is 23.0 Å². The number of halogens is 1. The maximum Gasteiger partial charge on any atom is 0.255 e. The van der Waals surface area contributed by atoms with Crippen LogP contribution >= 0.6 is 23.1 Å². The summed E-state index contributed by atoms with van der Waals surface area (Å²) in [6.07, 6.45) is 0.875. The Morgan fingerprint density at radius 3 is 2.76 bits per heavy atom. The van der Waals surface area contributed by atoms with Crippen LogP contribution in [0.25, 0.3) is 10.2 Å². The molecule has 1 aromatic heterocycles. The van der Waals surface area contributed by atoms with Crippen molar-refractivity contribution >= 4 is 56.5 Å². The molecular weight excluding hydrogens is 457 g/mol. The van der Waals surface area contributed by atoms with Crippen molar-refractivity contribution in [2.24, 2.45) is 0 Å². The minimum absolute atomic E-state index is 0.0731. The normalized spacial score (nSPS) is 15.0. The molecule has 0 saturated heterocycles. The number of thiazole rings is 1. The largest absolute Gasteiger partial charge is 0.322 e. The molecule has 2 amide bonds. The topological polar surface area (TPSA) is 62.3 Å². The highest BCUT2D eigenvalue weighted by atomic mass is 32.2. The van der Waals surface area contributed by atoms with Gasteiger partial charge in [-0.25, -0.2) is 9.37 Å². The van der Waals surface area contributed by atoms with Crippen molar-refractivity contribution in [1.29, 1.82) is 0 Å².